The van der Waals surface area contributed by atoms with Crippen molar-refractivity contribution in [3.63, 3.8) is 0 Å². The van der Waals surface area contributed by atoms with Crippen LogP contribution in [-0.2, 0) is 6.54 Å². The van der Waals surface area contributed by atoms with Crippen LogP contribution >= 0.6 is 0 Å². The molecule has 0 saturated heterocycles. The van der Waals surface area contributed by atoms with E-state index < -0.39 is 5.76 Å². The first-order valence-corrected chi connectivity index (χ1v) is 8.48. The van der Waals surface area contributed by atoms with Crippen LogP contribution in [0.3, 0.4) is 0 Å². The summed E-state index contributed by atoms with van der Waals surface area (Å²) in [6.45, 7) is 5.46. The SMILES string of the molecule is CC.O=C1NCCn2cnc3cccc1c32.OC1=CCC=CC(O)=C1O. The highest BCUT2D eigenvalue weighted by Crippen LogP contribution is 2.19. The minimum Gasteiger partial charge on any atom is -0.504 e. The van der Waals surface area contributed by atoms with E-state index in [1.165, 1.54) is 12.2 Å². The average molecular weight is 357 g/mol. The molecule has 7 nitrogen and oxygen atoms in total. The minimum absolute atomic E-state index is 0.00477. The second-order valence-corrected chi connectivity index (χ2v) is 5.33. The van der Waals surface area contributed by atoms with E-state index in [0.717, 1.165) is 23.1 Å². The predicted octanol–water partition coefficient (Wildman–Crippen LogP) is 3.52. The monoisotopic (exact) mass is 357 g/mol. The van der Waals surface area contributed by atoms with Gasteiger partial charge in [-0.25, -0.2) is 4.98 Å². The van der Waals surface area contributed by atoms with Gasteiger partial charge in [-0.05, 0) is 30.7 Å². The van der Waals surface area contributed by atoms with Crippen LogP contribution in [0.1, 0.15) is 30.6 Å². The second-order valence-electron chi connectivity index (χ2n) is 5.33. The molecule has 0 spiro atoms. The molecule has 2 aromatic rings. The fraction of sp³-hybridized carbons (Fsp3) is 0.263. The third-order valence-electron chi connectivity index (χ3n) is 3.73. The van der Waals surface area contributed by atoms with Gasteiger partial charge >= 0.3 is 0 Å². The number of aliphatic hydroxyl groups excluding tert-OH is 3. The van der Waals surface area contributed by atoms with Crippen LogP contribution in [0.5, 0.6) is 0 Å². The summed E-state index contributed by atoms with van der Waals surface area (Å²) in [5, 5.41) is 29.5. The molecule has 7 heteroatoms. The maximum Gasteiger partial charge on any atom is 0.253 e. The van der Waals surface area contributed by atoms with E-state index in [9.17, 15) is 4.79 Å². The van der Waals surface area contributed by atoms with Gasteiger partial charge in [0.2, 0.25) is 0 Å². The maximum absolute atomic E-state index is 11.6. The molecule has 0 bridgehead atoms. The van der Waals surface area contributed by atoms with Gasteiger partial charge in [-0.1, -0.05) is 26.0 Å². The molecule has 4 N–H and O–H groups in total. The number of nitrogens with zero attached hydrogens (tertiary/aromatic N) is 2. The van der Waals surface area contributed by atoms with Crippen LogP contribution in [0, 0.1) is 0 Å². The quantitative estimate of drug-likeness (QED) is 0.577. The summed E-state index contributed by atoms with van der Waals surface area (Å²) in [6.07, 6.45) is 6.69. The van der Waals surface area contributed by atoms with Crippen LogP contribution < -0.4 is 5.32 Å². The summed E-state index contributed by atoms with van der Waals surface area (Å²) in [5.74, 6) is -1.04. The lowest BCUT2D eigenvalue weighted by Gasteiger charge is -1.99. The lowest BCUT2D eigenvalue weighted by atomic mass is 10.2. The molecule has 2 heterocycles. The molecule has 0 atom stereocenters. The highest BCUT2D eigenvalue weighted by atomic mass is 16.3. The number of aromatic nitrogens is 2. The van der Waals surface area contributed by atoms with Crippen molar-refractivity contribution < 1.29 is 20.1 Å². The van der Waals surface area contributed by atoms with Gasteiger partial charge in [0.25, 0.3) is 5.91 Å². The van der Waals surface area contributed by atoms with E-state index >= 15 is 0 Å². The molecule has 138 valence electrons. The second kappa shape index (κ2) is 8.75. The Balaban J connectivity index is 0.000000180. The standard InChI is InChI=1S/C10H9N3O.C7H8O3.C2H6/c14-10-7-2-1-3-8-9(7)13(6-12-8)5-4-11-10;8-5-3-1-2-4-6(9)7(5)10;1-2/h1-3,6H,4-5H2,(H,11,14);1,3-4,8-10H,2H2;1-2H3. The fourth-order valence-electron chi connectivity index (χ4n) is 2.53. The lowest BCUT2D eigenvalue weighted by molar-refractivity contribution is 0.0956. The topological polar surface area (TPSA) is 108 Å². The van der Waals surface area contributed by atoms with Crippen LogP contribution in [0.25, 0.3) is 11.0 Å². The molecular formula is C19H23N3O4. The van der Waals surface area contributed by atoms with Gasteiger partial charge in [0.05, 0.1) is 22.9 Å². The number of rotatable bonds is 0. The van der Waals surface area contributed by atoms with Crippen molar-refractivity contribution in [2.24, 2.45) is 0 Å². The molecule has 0 radical (unpaired) electrons. The summed E-state index contributed by atoms with van der Waals surface area (Å²) >= 11 is 0. The first kappa shape index (κ1) is 19.1. The number of carbonyl (C=O) groups excluding carboxylic acids is 1. The Labute approximate surface area is 151 Å². The van der Waals surface area contributed by atoms with E-state index in [1.807, 2.05) is 36.6 Å². The van der Waals surface area contributed by atoms with Crippen molar-refractivity contribution in [2.75, 3.05) is 6.54 Å². The van der Waals surface area contributed by atoms with E-state index in [-0.39, 0.29) is 17.4 Å². The average Bonchev–Trinajstić information content (AvgIpc) is 2.94. The van der Waals surface area contributed by atoms with Crippen LogP contribution in [0.15, 0.2) is 60.0 Å². The number of imidazole rings is 1. The molecule has 4 rings (SSSR count). The summed E-state index contributed by atoms with van der Waals surface area (Å²) in [7, 11) is 0. The smallest absolute Gasteiger partial charge is 0.253 e. The molecule has 0 saturated carbocycles. The van der Waals surface area contributed by atoms with Crippen LogP contribution in [0.2, 0.25) is 0 Å². The van der Waals surface area contributed by atoms with Crippen molar-refractivity contribution in [1.29, 1.82) is 0 Å². The zero-order chi connectivity index (χ0) is 19.1. The lowest BCUT2D eigenvalue weighted by Crippen LogP contribution is -2.24. The molecular weight excluding hydrogens is 334 g/mol. The summed E-state index contributed by atoms with van der Waals surface area (Å²) < 4.78 is 2.02. The van der Waals surface area contributed by atoms with E-state index in [4.69, 9.17) is 15.3 Å². The number of hydrogen-bond acceptors (Lipinski definition) is 5. The highest BCUT2D eigenvalue weighted by molar-refractivity contribution is 6.05. The van der Waals surface area contributed by atoms with Crippen molar-refractivity contribution in [2.45, 2.75) is 26.8 Å². The Morgan fingerprint density at radius 2 is 1.96 bits per heavy atom. The molecule has 1 aromatic heterocycles. The third-order valence-corrected chi connectivity index (χ3v) is 3.73. The first-order chi connectivity index (χ1) is 12.6. The molecule has 1 amide bonds. The maximum atomic E-state index is 11.6. The minimum atomic E-state index is -0.464. The number of amides is 1. The zero-order valence-corrected chi connectivity index (χ0v) is 14.8. The number of nitrogens with one attached hydrogen (secondary N) is 1. The summed E-state index contributed by atoms with van der Waals surface area (Å²) in [4.78, 5) is 15.9. The van der Waals surface area contributed by atoms with E-state index in [2.05, 4.69) is 10.3 Å². The fourth-order valence-corrected chi connectivity index (χ4v) is 2.53. The zero-order valence-electron chi connectivity index (χ0n) is 14.8. The van der Waals surface area contributed by atoms with Gasteiger partial charge in [0.1, 0.15) is 0 Å². The number of para-hydroxylation sites is 1. The summed E-state index contributed by atoms with van der Waals surface area (Å²) in [5.41, 5.74) is 2.56. The van der Waals surface area contributed by atoms with Crippen molar-refractivity contribution in [1.82, 2.24) is 14.9 Å². The summed E-state index contributed by atoms with van der Waals surface area (Å²) in [6, 6.07) is 5.62. The van der Waals surface area contributed by atoms with Gasteiger partial charge in [-0.15, -0.1) is 0 Å². The van der Waals surface area contributed by atoms with Gasteiger partial charge in [0.15, 0.2) is 17.3 Å². The number of allylic oxidation sites excluding steroid dienone is 3. The Bertz CT molecular complexity index is 878. The normalized spacial score (nSPS) is 15.6. The number of hydrogen-bond donors (Lipinski definition) is 4. The van der Waals surface area contributed by atoms with E-state index in [0.29, 0.717) is 13.0 Å². The largest absolute Gasteiger partial charge is 0.504 e. The van der Waals surface area contributed by atoms with Gasteiger partial charge in [0, 0.05) is 13.1 Å². The number of carbonyl (C=O) groups is 1. The predicted molar refractivity (Wildman–Crippen MR) is 100 cm³/mol. The van der Waals surface area contributed by atoms with Crippen molar-refractivity contribution in [3.8, 4) is 0 Å². The number of aliphatic hydroxyl groups is 3. The van der Waals surface area contributed by atoms with Crippen LogP contribution in [-0.4, -0.2) is 37.3 Å². The Kier molecular flexibility index (Phi) is 6.43. The Morgan fingerprint density at radius 1 is 1.19 bits per heavy atom. The number of benzene rings is 1. The molecule has 0 fully saturated rings. The van der Waals surface area contributed by atoms with Crippen LogP contribution in [0.4, 0.5) is 0 Å². The molecule has 2 aliphatic rings. The Hall–Kier alpha value is -3.22. The van der Waals surface area contributed by atoms with Gasteiger partial charge in [-0.3, -0.25) is 4.79 Å². The molecule has 26 heavy (non-hydrogen) atoms. The molecule has 1 aromatic carbocycles. The highest BCUT2D eigenvalue weighted by Gasteiger charge is 2.16. The van der Waals surface area contributed by atoms with Crippen molar-refractivity contribution in [3.05, 3.63) is 65.6 Å². The molecule has 1 aliphatic carbocycles. The molecule has 0 unspecified atom stereocenters. The Morgan fingerprint density at radius 3 is 2.73 bits per heavy atom. The van der Waals surface area contributed by atoms with E-state index in [1.54, 1.807) is 12.4 Å². The first-order valence-electron chi connectivity index (χ1n) is 8.48. The van der Waals surface area contributed by atoms with Gasteiger partial charge in [-0.2, -0.15) is 0 Å². The molecule has 1 aliphatic heterocycles. The third kappa shape index (κ3) is 4.05. The van der Waals surface area contributed by atoms with Crippen molar-refractivity contribution >= 4 is 16.9 Å². The van der Waals surface area contributed by atoms with Gasteiger partial charge < -0.3 is 25.2 Å².